The third-order valence-electron chi connectivity index (χ3n) is 2.48. The van der Waals surface area contributed by atoms with Crippen molar-refractivity contribution in [3.05, 3.63) is 83.9 Å². The molecule has 0 fully saturated rings. The van der Waals surface area contributed by atoms with Crippen LogP contribution >= 0.6 is 0 Å². The first-order valence-corrected chi connectivity index (χ1v) is 5.85. The van der Waals surface area contributed by atoms with E-state index >= 15 is 0 Å². The van der Waals surface area contributed by atoms with Gasteiger partial charge in [0.25, 0.3) is 0 Å². The molecule has 1 nitrogen and oxygen atoms in total. The molecular formula is C17H14OPd3. The van der Waals surface area contributed by atoms with Gasteiger partial charge in [-0.25, -0.2) is 0 Å². The average Bonchev–Trinajstić information content (AvgIpc) is 2.45. The van der Waals surface area contributed by atoms with Crippen molar-refractivity contribution in [3.63, 3.8) is 0 Å². The SMILES string of the molecule is O=C(C=Cc1ccccc1)C=Cc1ccccc1.[Pd].[Pd].[Pd]. The maximum Gasteiger partial charge on any atom is 0.178 e. The Labute approximate surface area is 166 Å². The van der Waals surface area contributed by atoms with Crippen molar-refractivity contribution < 1.29 is 66.1 Å². The van der Waals surface area contributed by atoms with Gasteiger partial charge >= 0.3 is 0 Å². The second-order valence-corrected chi connectivity index (χ2v) is 3.89. The topological polar surface area (TPSA) is 17.1 Å². The molecule has 2 rings (SSSR count). The third-order valence-corrected chi connectivity index (χ3v) is 2.48. The molecule has 0 bridgehead atoms. The summed E-state index contributed by atoms with van der Waals surface area (Å²) in [6, 6.07) is 19.6. The maximum atomic E-state index is 11.6. The molecular weight excluding hydrogens is 539 g/mol. The zero-order valence-corrected chi connectivity index (χ0v) is 15.6. The predicted molar refractivity (Wildman–Crippen MR) is 76.0 cm³/mol. The van der Waals surface area contributed by atoms with Crippen molar-refractivity contribution >= 4 is 17.9 Å². The Morgan fingerprint density at radius 1 is 0.619 bits per heavy atom. The van der Waals surface area contributed by atoms with E-state index < -0.39 is 0 Å². The van der Waals surface area contributed by atoms with E-state index in [9.17, 15) is 4.79 Å². The van der Waals surface area contributed by atoms with Crippen LogP contribution < -0.4 is 0 Å². The molecule has 0 aromatic heterocycles. The van der Waals surface area contributed by atoms with E-state index in [0.717, 1.165) is 11.1 Å². The fourth-order valence-corrected chi connectivity index (χ4v) is 1.54. The quantitative estimate of drug-likeness (QED) is 0.414. The molecule has 0 atom stereocenters. The van der Waals surface area contributed by atoms with Crippen LogP contribution in [0.25, 0.3) is 12.2 Å². The Morgan fingerprint density at radius 2 is 0.952 bits per heavy atom. The van der Waals surface area contributed by atoms with Crippen LogP contribution in [-0.4, -0.2) is 5.78 Å². The van der Waals surface area contributed by atoms with Gasteiger partial charge in [0.15, 0.2) is 5.78 Å². The molecule has 0 aliphatic carbocycles. The second kappa shape index (κ2) is 13.3. The molecule has 21 heavy (non-hydrogen) atoms. The fourth-order valence-electron chi connectivity index (χ4n) is 1.54. The van der Waals surface area contributed by atoms with Gasteiger partial charge < -0.3 is 0 Å². The molecule has 0 N–H and O–H groups in total. The van der Waals surface area contributed by atoms with Gasteiger partial charge in [0, 0.05) is 61.3 Å². The van der Waals surface area contributed by atoms with E-state index in [1.165, 1.54) is 0 Å². The summed E-state index contributed by atoms with van der Waals surface area (Å²) in [6.07, 6.45) is 6.79. The van der Waals surface area contributed by atoms with Gasteiger partial charge in [-0.15, -0.1) is 0 Å². The van der Waals surface area contributed by atoms with Gasteiger partial charge in [-0.2, -0.15) is 0 Å². The molecule has 0 amide bonds. The summed E-state index contributed by atoms with van der Waals surface area (Å²) in [5.74, 6) is -0.0114. The molecule has 0 heterocycles. The number of carbonyl (C=O) groups excluding carboxylic acids is 1. The Hall–Kier alpha value is -0.423. The molecule has 0 radical (unpaired) electrons. The Bertz CT molecular complexity index is 512. The fraction of sp³-hybridized carbons (Fsp3) is 0. The van der Waals surface area contributed by atoms with Crippen molar-refractivity contribution in [2.24, 2.45) is 0 Å². The van der Waals surface area contributed by atoms with E-state index in [-0.39, 0.29) is 67.1 Å². The predicted octanol–water partition coefficient (Wildman–Crippen LogP) is 3.97. The Balaban J connectivity index is 0. The molecule has 2 aromatic carbocycles. The summed E-state index contributed by atoms with van der Waals surface area (Å²) in [7, 11) is 0. The first-order chi connectivity index (χ1) is 8.84. The van der Waals surface area contributed by atoms with Crippen molar-refractivity contribution in [3.8, 4) is 0 Å². The summed E-state index contributed by atoms with van der Waals surface area (Å²) >= 11 is 0. The minimum Gasteiger partial charge on any atom is -0.290 e. The van der Waals surface area contributed by atoms with Crippen LogP contribution in [0, 0.1) is 0 Å². The summed E-state index contributed by atoms with van der Waals surface area (Å²) in [4.78, 5) is 11.6. The van der Waals surface area contributed by atoms with Crippen molar-refractivity contribution in [1.82, 2.24) is 0 Å². The van der Waals surface area contributed by atoms with E-state index in [4.69, 9.17) is 0 Å². The number of ketones is 1. The van der Waals surface area contributed by atoms with Gasteiger partial charge in [-0.3, -0.25) is 4.79 Å². The molecule has 0 saturated heterocycles. The molecule has 0 spiro atoms. The largest absolute Gasteiger partial charge is 0.290 e. The van der Waals surface area contributed by atoms with E-state index in [1.54, 1.807) is 12.2 Å². The number of hydrogen-bond acceptors (Lipinski definition) is 1. The van der Waals surface area contributed by atoms with Crippen LogP contribution in [0.15, 0.2) is 72.8 Å². The van der Waals surface area contributed by atoms with Crippen LogP contribution in [0.4, 0.5) is 0 Å². The Kier molecular flexibility index (Phi) is 14.4. The van der Waals surface area contributed by atoms with Gasteiger partial charge in [-0.05, 0) is 23.3 Å². The summed E-state index contributed by atoms with van der Waals surface area (Å²) in [6.45, 7) is 0. The first-order valence-electron chi connectivity index (χ1n) is 5.85. The van der Waals surface area contributed by atoms with Crippen LogP contribution in [-0.2, 0) is 66.1 Å². The van der Waals surface area contributed by atoms with E-state index in [2.05, 4.69) is 0 Å². The van der Waals surface area contributed by atoms with Gasteiger partial charge in [0.2, 0.25) is 0 Å². The number of carbonyl (C=O) groups is 1. The molecule has 0 unspecified atom stereocenters. The van der Waals surface area contributed by atoms with Crippen LogP contribution in [0.3, 0.4) is 0 Å². The minimum atomic E-state index is -0.0114. The molecule has 0 aliphatic rings. The number of allylic oxidation sites excluding steroid dienone is 2. The van der Waals surface area contributed by atoms with Gasteiger partial charge in [0.1, 0.15) is 0 Å². The first kappa shape index (κ1) is 22.9. The minimum absolute atomic E-state index is 0. The van der Waals surface area contributed by atoms with Crippen LogP contribution in [0.1, 0.15) is 11.1 Å². The molecule has 2 aromatic rings. The molecule has 0 aliphatic heterocycles. The standard InChI is InChI=1S/C17H14O.3Pd/c18-17(13-11-15-7-3-1-4-8-15)14-12-16-9-5-2-6-10-16;;;/h1-14H;;;. The number of rotatable bonds is 4. The zero-order chi connectivity index (χ0) is 12.6. The maximum absolute atomic E-state index is 11.6. The summed E-state index contributed by atoms with van der Waals surface area (Å²) in [5, 5.41) is 0. The number of benzene rings is 2. The smallest absolute Gasteiger partial charge is 0.178 e. The monoisotopic (exact) mass is 552 g/mol. The second-order valence-electron chi connectivity index (χ2n) is 3.89. The normalized spacial score (nSPS) is 9.52. The average molecular weight is 554 g/mol. The van der Waals surface area contributed by atoms with Crippen molar-refractivity contribution in [2.75, 3.05) is 0 Å². The van der Waals surface area contributed by atoms with Crippen LogP contribution in [0.5, 0.6) is 0 Å². The molecule has 4 heteroatoms. The summed E-state index contributed by atoms with van der Waals surface area (Å²) < 4.78 is 0. The third kappa shape index (κ3) is 9.25. The van der Waals surface area contributed by atoms with Gasteiger partial charge in [0.05, 0.1) is 0 Å². The Morgan fingerprint density at radius 3 is 1.29 bits per heavy atom. The van der Waals surface area contributed by atoms with Gasteiger partial charge in [-0.1, -0.05) is 72.8 Å². The number of hydrogen-bond donors (Lipinski definition) is 0. The molecule has 118 valence electrons. The summed E-state index contributed by atoms with van der Waals surface area (Å²) in [5.41, 5.74) is 2.05. The molecule has 0 saturated carbocycles. The van der Waals surface area contributed by atoms with E-state index in [1.807, 2.05) is 72.8 Å². The van der Waals surface area contributed by atoms with Crippen molar-refractivity contribution in [2.45, 2.75) is 0 Å². The van der Waals surface area contributed by atoms with E-state index in [0.29, 0.717) is 0 Å². The van der Waals surface area contributed by atoms with Crippen molar-refractivity contribution in [1.29, 1.82) is 0 Å². The zero-order valence-electron chi connectivity index (χ0n) is 10.9. The van der Waals surface area contributed by atoms with Crippen LogP contribution in [0.2, 0.25) is 0 Å².